The van der Waals surface area contributed by atoms with Crippen LogP contribution in [0.15, 0.2) is 24.5 Å². The first-order valence-corrected chi connectivity index (χ1v) is 7.85. The van der Waals surface area contributed by atoms with Crippen LogP contribution >= 0.6 is 0 Å². The molecule has 0 saturated heterocycles. The minimum Gasteiger partial charge on any atom is -0.716 e. The Bertz CT molecular complexity index is 337. The fourth-order valence-corrected chi connectivity index (χ4v) is 1.74. The fraction of sp³-hybridized carbons (Fsp3) is 0.692. The van der Waals surface area contributed by atoms with Crippen LogP contribution in [0.4, 0.5) is 0 Å². The first kappa shape index (κ1) is 21.5. The van der Waals surface area contributed by atoms with E-state index in [4.69, 9.17) is 0 Å². The quantitative estimate of drug-likeness (QED) is 0.140. The van der Waals surface area contributed by atoms with Gasteiger partial charge in [-0.1, -0.05) is 57.6 Å². The number of hydrogen-bond donors (Lipinski definition) is 0. The predicted octanol–water partition coefficient (Wildman–Crippen LogP) is 0.678. The molecule has 0 bridgehead atoms. The Morgan fingerprint density at radius 1 is 1.00 bits per heavy atom. The van der Waals surface area contributed by atoms with Gasteiger partial charge in [0, 0.05) is 0 Å². The van der Waals surface area contributed by atoms with E-state index in [-0.39, 0.29) is 29.6 Å². The van der Waals surface area contributed by atoms with Crippen molar-refractivity contribution < 1.29 is 46.7 Å². The van der Waals surface area contributed by atoms with Crippen molar-refractivity contribution in [1.82, 2.24) is 0 Å². The first-order chi connectivity index (χ1) is 8.56. The summed E-state index contributed by atoms with van der Waals surface area (Å²) >= 11 is 0. The van der Waals surface area contributed by atoms with Crippen molar-refractivity contribution in [3.8, 4) is 0 Å². The summed E-state index contributed by atoms with van der Waals surface area (Å²) in [6, 6.07) is 0. The minimum absolute atomic E-state index is 0. The van der Waals surface area contributed by atoms with Gasteiger partial charge in [-0.2, -0.15) is 0 Å². The summed E-state index contributed by atoms with van der Waals surface area (Å²) in [6.45, 7) is 2.21. The topological polar surface area (TPSA) is 66.4 Å². The molecule has 0 rings (SSSR count). The van der Waals surface area contributed by atoms with Gasteiger partial charge < -0.3 is 8.74 Å². The summed E-state index contributed by atoms with van der Waals surface area (Å²) in [7, 11) is -4.61. The molecular weight excluding hydrogens is 275 g/mol. The summed E-state index contributed by atoms with van der Waals surface area (Å²) in [5, 5.41) is 0. The molecule has 0 atom stereocenters. The van der Waals surface area contributed by atoms with Crippen LogP contribution in [0.2, 0.25) is 0 Å². The van der Waals surface area contributed by atoms with Crippen molar-refractivity contribution >= 4 is 10.4 Å². The van der Waals surface area contributed by atoms with Gasteiger partial charge in [-0.15, -0.1) is 0 Å². The van der Waals surface area contributed by atoms with E-state index in [9.17, 15) is 13.0 Å². The molecule has 0 aliphatic rings. The van der Waals surface area contributed by atoms with Crippen molar-refractivity contribution in [2.24, 2.45) is 0 Å². The van der Waals surface area contributed by atoms with Crippen LogP contribution in [0.25, 0.3) is 0 Å². The van der Waals surface area contributed by atoms with E-state index in [1.165, 1.54) is 44.6 Å². The second-order valence-electron chi connectivity index (χ2n) is 4.17. The van der Waals surface area contributed by atoms with Crippen LogP contribution in [0.1, 0.15) is 58.3 Å². The van der Waals surface area contributed by atoms with Crippen LogP contribution in [-0.4, -0.2) is 13.0 Å². The zero-order chi connectivity index (χ0) is 13.7. The Morgan fingerprint density at radius 3 is 2.16 bits per heavy atom. The monoisotopic (exact) mass is 298 g/mol. The van der Waals surface area contributed by atoms with E-state index in [1.54, 1.807) is 6.08 Å². The molecule has 0 heterocycles. The molecule has 0 amide bonds. The summed E-state index contributed by atoms with van der Waals surface area (Å²) in [4.78, 5) is 0. The first-order valence-electron chi connectivity index (χ1n) is 6.52. The maximum atomic E-state index is 10.1. The molecule has 0 fully saturated rings. The molecule has 0 aromatic rings. The van der Waals surface area contributed by atoms with Gasteiger partial charge in [0.1, 0.15) is 6.26 Å². The van der Waals surface area contributed by atoms with Crippen molar-refractivity contribution in [2.45, 2.75) is 58.3 Å². The van der Waals surface area contributed by atoms with Crippen LogP contribution in [0, 0.1) is 0 Å². The molecule has 4 nitrogen and oxygen atoms in total. The molecular formula is C13H23NaO4S. The molecule has 0 aromatic heterocycles. The van der Waals surface area contributed by atoms with E-state index in [1.807, 2.05) is 6.08 Å². The van der Waals surface area contributed by atoms with Gasteiger partial charge in [-0.3, -0.25) is 0 Å². The Kier molecular flexibility index (Phi) is 16.5. The number of allylic oxidation sites excluding steroid dienone is 3. The predicted molar refractivity (Wildman–Crippen MR) is 71.7 cm³/mol. The summed E-state index contributed by atoms with van der Waals surface area (Å²) < 4.78 is 34.1. The largest absolute Gasteiger partial charge is 1.00 e. The van der Waals surface area contributed by atoms with Crippen LogP contribution in [-0.2, 0) is 14.6 Å². The third-order valence-electron chi connectivity index (χ3n) is 2.47. The molecule has 19 heavy (non-hydrogen) atoms. The second kappa shape index (κ2) is 14.6. The third kappa shape index (κ3) is 20.7. The molecule has 106 valence electrons. The number of unbranched alkanes of at least 4 members (excludes halogenated alkanes) is 7. The van der Waals surface area contributed by atoms with Gasteiger partial charge in [0.05, 0.1) is 0 Å². The third-order valence-corrected chi connectivity index (χ3v) is 2.82. The average Bonchev–Trinajstić information content (AvgIpc) is 2.29. The Balaban J connectivity index is 0. The average molecular weight is 298 g/mol. The molecule has 0 saturated carbocycles. The molecule has 0 radical (unpaired) electrons. The maximum absolute atomic E-state index is 10.1. The van der Waals surface area contributed by atoms with Gasteiger partial charge >= 0.3 is 29.6 Å². The van der Waals surface area contributed by atoms with Gasteiger partial charge in [-0.25, -0.2) is 8.42 Å². The van der Waals surface area contributed by atoms with Gasteiger partial charge in [-0.05, 0) is 18.9 Å². The summed E-state index contributed by atoms with van der Waals surface area (Å²) in [5.41, 5.74) is 0. The van der Waals surface area contributed by atoms with Gasteiger partial charge in [0.2, 0.25) is 0 Å². The van der Waals surface area contributed by atoms with Gasteiger partial charge in [0.15, 0.2) is 0 Å². The van der Waals surface area contributed by atoms with E-state index in [0.717, 1.165) is 19.1 Å². The maximum Gasteiger partial charge on any atom is 1.00 e. The zero-order valence-electron chi connectivity index (χ0n) is 12.0. The van der Waals surface area contributed by atoms with E-state index in [2.05, 4.69) is 11.1 Å². The van der Waals surface area contributed by atoms with Crippen LogP contribution in [0.5, 0.6) is 0 Å². The molecule has 0 spiro atoms. The Hall–Kier alpha value is 0.190. The molecule has 6 heteroatoms. The van der Waals surface area contributed by atoms with Crippen molar-refractivity contribution in [3.05, 3.63) is 24.5 Å². The van der Waals surface area contributed by atoms with Crippen molar-refractivity contribution in [3.63, 3.8) is 0 Å². The molecule has 0 aliphatic heterocycles. The van der Waals surface area contributed by atoms with E-state index >= 15 is 0 Å². The normalized spacial score (nSPS) is 11.9. The summed E-state index contributed by atoms with van der Waals surface area (Å²) in [6.07, 6.45) is 15.7. The Labute approximate surface area is 139 Å². The molecule has 0 aliphatic carbocycles. The number of hydrogen-bond acceptors (Lipinski definition) is 4. The minimum atomic E-state index is -4.61. The fourth-order valence-electron chi connectivity index (χ4n) is 1.54. The van der Waals surface area contributed by atoms with Crippen molar-refractivity contribution in [1.29, 1.82) is 0 Å². The SMILES string of the molecule is CCCCCCCCC/C=C/C=C/OS(=O)(=O)[O-].[Na+]. The Morgan fingerprint density at radius 2 is 1.58 bits per heavy atom. The second-order valence-corrected chi connectivity index (χ2v) is 5.18. The smallest absolute Gasteiger partial charge is 0.716 e. The van der Waals surface area contributed by atoms with Crippen LogP contribution in [0.3, 0.4) is 0 Å². The zero-order valence-corrected chi connectivity index (χ0v) is 14.8. The van der Waals surface area contributed by atoms with Crippen molar-refractivity contribution in [2.75, 3.05) is 0 Å². The number of rotatable bonds is 11. The molecule has 0 unspecified atom stereocenters. The van der Waals surface area contributed by atoms with E-state index < -0.39 is 10.4 Å². The molecule has 0 aromatic carbocycles. The standard InChI is InChI=1S/C13H24O4S.Na/c1-2-3-4-5-6-7-8-9-10-11-12-13-17-18(14,15)16;/h10-13H,2-9H2,1H3,(H,14,15,16);/q;+1/p-1/b11-10+,13-12+;. The summed E-state index contributed by atoms with van der Waals surface area (Å²) in [5.74, 6) is 0. The van der Waals surface area contributed by atoms with Crippen LogP contribution < -0.4 is 29.6 Å². The van der Waals surface area contributed by atoms with Gasteiger partial charge in [0.25, 0.3) is 10.4 Å². The van der Waals surface area contributed by atoms with E-state index in [0.29, 0.717) is 0 Å². The molecule has 0 N–H and O–H groups in total.